The zero-order chi connectivity index (χ0) is 27.6. The average Bonchev–Trinajstić information content (AvgIpc) is 3.65. The number of benzene rings is 3. The molecule has 10 nitrogen and oxygen atoms in total. The van der Waals surface area contributed by atoms with Crippen LogP contribution in [-0.4, -0.2) is 67.0 Å². The fourth-order valence-electron chi connectivity index (χ4n) is 4.87. The maximum absolute atomic E-state index is 13.6. The molecule has 1 aliphatic heterocycles. The van der Waals surface area contributed by atoms with E-state index in [1.54, 1.807) is 55.5 Å². The Labute approximate surface area is 227 Å². The lowest BCUT2D eigenvalue weighted by molar-refractivity contribution is -0.135. The van der Waals surface area contributed by atoms with Crippen molar-refractivity contribution in [2.45, 2.75) is 37.2 Å². The van der Waals surface area contributed by atoms with Crippen LogP contribution >= 0.6 is 0 Å². The highest BCUT2D eigenvalue weighted by molar-refractivity contribution is 7.89. The zero-order valence-corrected chi connectivity index (χ0v) is 22.8. The van der Waals surface area contributed by atoms with E-state index in [0.717, 1.165) is 10.8 Å². The molecule has 3 aromatic carbocycles. The molecule has 1 amide bonds. The van der Waals surface area contributed by atoms with Crippen LogP contribution in [0.3, 0.4) is 0 Å². The van der Waals surface area contributed by atoms with Gasteiger partial charge >= 0.3 is 0 Å². The van der Waals surface area contributed by atoms with Crippen LogP contribution in [0, 0.1) is 0 Å². The molecule has 1 aromatic heterocycles. The minimum absolute atomic E-state index is 0.0655. The van der Waals surface area contributed by atoms with Gasteiger partial charge in [0, 0.05) is 18.7 Å². The van der Waals surface area contributed by atoms with Gasteiger partial charge in [0.2, 0.25) is 27.6 Å². The van der Waals surface area contributed by atoms with Crippen molar-refractivity contribution < 1.29 is 27.2 Å². The van der Waals surface area contributed by atoms with E-state index in [-0.39, 0.29) is 29.8 Å². The van der Waals surface area contributed by atoms with Crippen molar-refractivity contribution in [3.05, 3.63) is 66.6 Å². The van der Waals surface area contributed by atoms with Gasteiger partial charge in [0.1, 0.15) is 12.6 Å². The van der Waals surface area contributed by atoms with Crippen LogP contribution < -0.4 is 9.47 Å². The third kappa shape index (κ3) is 5.19. The summed E-state index contributed by atoms with van der Waals surface area (Å²) in [5.74, 6) is 1.41. The van der Waals surface area contributed by atoms with Gasteiger partial charge in [-0.1, -0.05) is 35.5 Å². The highest BCUT2D eigenvalue weighted by Gasteiger charge is 2.41. The van der Waals surface area contributed by atoms with Crippen molar-refractivity contribution in [1.29, 1.82) is 0 Å². The van der Waals surface area contributed by atoms with Crippen LogP contribution in [0.4, 0.5) is 0 Å². The van der Waals surface area contributed by atoms with Crippen molar-refractivity contribution in [1.82, 2.24) is 19.3 Å². The summed E-state index contributed by atoms with van der Waals surface area (Å²) in [5, 5.41) is 5.84. The number of methoxy groups -OCH3 is 2. The molecule has 0 spiro atoms. The first-order valence-electron chi connectivity index (χ1n) is 12.7. The molecule has 1 aliphatic rings. The van der Waals surface area contributed by atoms with Crippen molar-refractivity contribution in [2.75, 3.05) is 27.3 Å². The van der Waals surface area contributed by atoms with Gasteiger partial charge in [-0.05, 0) is 60.9 Å². The average molecular weight is 551 g/mol. The van der Waals surface area contributed by atoms with E-state index in [0.29, 0.717) is 42.3 Å². The predicted octanol–water partition coefficient (Wildman–Crippen LogP) is 4.11. The van der Waals surface area contributed by atoms with Crippen LogP contribution in [0.2, 0.25) is 0 Å². The van der Waals surface area contributed by atoms with Gasteiger partial charge in [-0.25, -0.2) is 8.42 Å². The molecule has 5 rings (SSSR count). The number of nitrogens with zero attached hydrogens (tertiary/aromatic N) is 4. The van der Waals surface area contributed by atoms with Gasteiger partial charge in [0.25, 0.3) is 0 Å². The standard InChI is InChI=1S/C28H30N4O6S/c1-4-31(18-26-29-27(30-38-26)21-12-14-24(36-2)25(17-21)37-3)28(33)23-10-7-15-32(23)39(34,35)22-13-11-19-8-5-6-9-20(19)16-22/h5-6,8-9,11-14,16-17,23H,4,7,10,15,18H2,1-3H3. The quantitative estimate of drug-likeness (QED) is 0.306. The molecule has 4 aromatic rings. The second-order valence-corrected chi connectivity index (χ2v) is 11.1. The Kier molecular flexibility index (Phi) is 7.53. The largest absolute Gasteiger partial charge is 0.493 e. The molecular weight excluding hydrogens is 520 g/mol. The number of rotatable bonds is 9. The minimum Gasteiger partial charge on any atom is -0.493 e. The second kappa shape index (κ2) is 11.0. The van der Waals surface area contributed by atoms with Gasteiger partial charge in [-0.15, -0.1) is 0 Å². The van der Waals surface area contributed by atoms with E-state index in [9.17, 15) is 13.2 Å². The molecule has 1 saturated heterocycles. The Hall–Kier alpha value is -3.96. The number of likely N-dealkylation sites (N-methyl/N-ethyl adjacent to an activating group) is 1. The molecule has 204 valence electrons. The van der Waals surface area contributed by atoms with E-state index in [1.807, 2.05) is 31.2 Å². The number of amides is 1. The summed E-state index contributed by atoms with van der Waals surface area (Å²) in [6, 6.07) is 17.1. The van der Waals surface area contributed by atoms with Crippen LogP contribution in [-0.2, 0) is 21.4 Å². The zero-order valence-electron chi connectivity index (χ0n) is 22.0. The topological polar surface area (TPSA) is 115 Å². The Bertz CT molecular complexity index is 1600. The number of aromatic nitrogens is 2. The van der Waals surface area contributed by atoms with Gasteiger partial charge in [-0.2, -0.15) is 9.29 Å². The van der Waals surface area contributed by atoms with Crippen molar-refractivity contribution in [3.63, 3.8) is 0 Å². The Morgan fingerprint density at radius 3 is 2.56 bits per heavy atom. The summed E-state index contributed by atoms with van der Waals surface area (Å²) in [7, 11) is -0.774. The van der Waals surface area contributed by atoms with E-state index in [2.05, 4.69) is 10.1 Å². The SMILES string of the molecule is CCN(Cc1nc(-c2ccc(OC)c(OC)c2)no1)C(=O)C1CCCN1S(=O)(=O)c1ccc2ccccc2c1. The van der Waals surface area contributed by atoms with Crippen LogP contribution in [0.15, 0.2) is 70.1 Å². The third-order valence-electron chi connectivity index (χ3n) is 6.95. The summed E-state index contributed by atoms with van der Waals surface area (Å²) in [6.45, 7) is 2.54. The minimum atomic E-state index is -3.87. The molecule has 0 bridgehead atoms. The monoisotopic (exact) mass is 550 g/mol. The summed E-state index contributed by atoms with van der Waals surface area (Å²) >= 11 is 0. The number of fused-ring (bicyclic) bond motifs is 1. The molecule has 1 atom stereocenters. The summed E-state index contributed by atoms with van der Waals surface area (Å²) in [6.07, 6.45) is 1.05. The highest BCUT2D eigenvalue weighted by Crippen LogP contribution is 2.32. The number of ether oxygens (including phenoxy) is 2. The van der Waals surface area contributed by atoms with Crippen molar-refractivity contribution in [3.8, 4) is 22.9 Å². The third-order valence-corrected chi connectivity index (χ3v) is 8.85. The fraction of sp³-hybridized carbons (Fsp3) is 0.321. The Balaban J connectivity index is 1.34. The molecule has 11 heteroatoms. The van der Waals surface area contributed by atoms with Gasteiger partial charge in [0.15, 0.2) is 11.5 Å². The number of carbonyl (C=O) groups excluding carboxylic acids is 1. The predicted molar refractivity (Wildman–Crippen MR) is 145 cm³/mol. The maximum atomic E-state index is 13.6. The van der Waals surface area contributed by atoms with Crippen LogP contribution in [0.5, 0.6) is 11.5 Å². The molecule has 0 radical (unpaired) electrons. The number of sulfonamides is 1. The number of hydrogen-bond acceptors (Lipinski definition) is 8. The van der Waals surface area contributed by atoms with E-state index in [1.165, 1.54) is 4.31 Å². The fourth-order valence-corrected chi connectivity index (χ4v) is 6.56. The van der Waals surface area contributed by atoms with Crippen molar-refractivity contribution >= 4 is 26.7 Å². The first kappa shape index (κ1) is 26.6. The van der Waals surface area contributed by atoms with Crippen LogP contribution in [0.25, 0.3) is 22.2 Å². The molecular formula is C28H30N4O6S. The normalized spacial score (nSPS) is 15.9. The van der Waals surface area contributed by atoms with E-state index >= 15 is 0 Å². The first-order valence-corrected chi connectivity index (χ1v) is 14.1. The lowest BCUT2D eigenvalue weighted by atomic mass is 10.1. The number of carbonyl (C=O) groups is 1. The molecule has 1 unspecified atom stereocenters. The summed E-state index contributed by atoms with van der Waals surface area (Å²) in [5.41, 5.74) is 0.667. The van der Waals surface area contributed by atoms with Gasteiger partial charge in [-0.3, -0.25) is 4.79 Å². The Morgan fingerprint density at radius 1 is 1.05 bits per heavy atom. The lowest BCUT2D eigenvalue weighted by Gasteiger charge is -2.28. The Morgan fingerprint density at radius 2 is 1.82 bits per heavy atom. The first-order chi connectivity index (χ1) is 18.8. The van der Waals surface area contributed by atoms with E-state index < -0.39 is 16.1 Å². The smallest absolute Gasteiger partial charge is 0.246 e. The molecule has 0 saturated carbocycles. The van der Waals surface area contributed by atoms with Crippen molar-refractivity contribution in [2.24, 2.45) is 0 Å². The molecule has 1 fully saturated rings. The van der Waals surface area contributed by atoms with E-state index in [4.69, 9.17) is 14.0 Å². The molecule has 0 N–H and O–H groups in total. The van der Waals surface area contributed by atoms with Crippen LogP contribution in [0.1, 0.15) is 25.7 Å². The second-order valence-electron chi connectivity index (χ2n) is 9.22. The lowest BCUT2D eigenvalue weighted by Crippen LogP contribution is -2.47. The number of hydrogen-bond donors (Lipinski definition) is 0. The summed E-state index contributed by atoms with van der Waals surface area (Å²) < 4.78 is 44.6. The maximum Gasteiger partial charge on any atom is 0.246 e. The summed E-state index contributed by atoms with van der Waals surface area (Å²) in [4.78, 5) is 19.8. The molecule has 0 aliphatic carbocycles. The molecule has 39 heavy (non-hydrogen) atoms. The highest BCUT2D eigenvalue weighted by atomic mass is 32.2. The van der Waals surface area contributed by atoms with Gasteiger partial charge < -0.3 is 18.9 Å². The molecule has 2 heterocycles. The van der Waals surface area contributed by atoms with Gasteiger partial charge in [0.05, 0.1) is 19.1 Å².